The quantitative estimate of drug-likeness (QED) is 0.226. The van der Waals surface area contributed by atoms with Crippen LogP contribution in [0.3, 0.4) is 0 Å². The summed E-state index contributed by atoms with van der Waals surface area (Å²) in [5.41, 5.74) is 11.7. The van der Waals surface area contributed by atoms with Crippen LogP contribution in [0.5, 0.6) is 0 Å². The molecule has 5 aliphatic rings. The number of anilines is 2. The number of rotatable bonds is 7. The van der Waals surface area contributed by atoms with Crippen molar-refractivity contribution in [3.05, 3.63) is 125 Å². The van der Waals surface area contributed by atoms with Crippen LogP contribution in [0.2, 0.25) is 0 Å². The second-order valence-corrected chi connectivity index (χ2v) is 13.1. The van der Waals surface area contributed by atoms with E-state index in [1.807, 2.05) is 24.3 Å². The van der Waals surface area contributed by atoms with Crippen molar-refractivity contribution in [3.8, 4) is 0 Å². The molecule has 47 heavy (non-hydrogen) atoms. The molecule has 1 aliphatic carbocycles. The highest BCUT2D eigenvalue weighted by atomic mass is 35.5. The molecule has 4 heterocycles. The van der Waals surface area contributed by atoms with Crippen molar-refractivity contribution in [1.82, 2.24) is 21.1 Å². The molecule has 4 N–H and O–H groups in total. The van der Waals surface area contributed by atoms with Crippen molar-refractivity contribution in [1.29, 1.82) is 0 Å². The number of allylic oxidation sites excluding steroid dienone is 2. The van der Waals surface area contributed by atoms with Gasteiger partial charge in [0.2, 0.25) is 5.91 Å². The van der Waals surface area contributed by atoms with Crippen LogP contribution >= 0.6 is 12.4 Å². The zero-order valence-corrected chi connectivity index (χ0v) is 27.2. The number of amides is 1. The van der Waals surface area contributed by atoms with Gasteiger partial charge in [-0.2, -0.15) is 0 Å². The van der Waals surface area contributed by atoms with Gasteiger partial charge in [-0.05, 0) is 116 Å². The van der Waals surface area contributed by atoms with E-state index in [9.17, 15) is 9.18 Å². The number of hydrogen-bond acceptors (Lipinski definition) is 6. The van der Waals surface area contributed by atoms with Crippen molar-refractivity contribution < 1.29 is 9.18 Å². The van der Waals surface area contributed by atoms with Gasteiger partial charge in [-0.25, -0.2) is 9.82 Å². The van der Waals surface area contributed by atoms with E-state index in [4.69, 9.17) is 0 Å². The molecule has 3 saturated heterocycles. The van der Waals surface area contributed by atoms with Gasteiger partial charge in [0.1, 0.15) is 5.82 Å². The second kappa shape index (κ2) is 13.6. The van der Waals surface area contributed by atoms with Gasteiger partial charge in [0.25, 0.3) is 0 Å². The van der Waals surface area contributed by atoms with Crippen LogP contribution in [0.25, 0.3) is 5.57 Å². The molecule has 3 unspecified atom stereocenters. The van der Waals surface area contributed by atoms with E-state index in [0.717, 1.165) is 56.6 Å². The summed E-state index contributed by atoms with van der Waals surface area (Å²) >= 11 is 0. The molecular formula is C38H42ClFN6O. The third-order valence-corrected chi connectivity index (χ3v) is 10.2. The summed E-state index contributed by atoms with van der Waals surface area (Å²) in [6.45, 7) is 1.96. The van der Waals surface area contributed by atoms with Gasteiger partial charge in [0.05, 0.1) is 30.3 Å². The number of nitrogens with zero attached hydrogens (tertiary/aromatic N) is 2. The Kier molecular flexibility index (Phi) is 9.19. The summed E-state index contributed by atoms with van der Waals surface area (Å²) in [5.74, 6) is -0.204. The zero-order chi connectivity index (χ0) is 31.0. The van der Waals surface area contributed by atoms with E-state index in [-0.39, 0.29) is 48.3 Å². The van der Waals surface area contributed by atoms with Crippen LogP contribution < -0.4 is 26.3 Å². The topological polar surface area (TPSA) is 71.7 Å². The Morgan fingerprint density at radius 1 is 0.809 bits per heavy atom. The fourth-order valence-electron chi connectivity index (χ4n) is 7.84. The predicted octanol–water partition coefficient (Wildman–Crippen LogP) is 6.76. The van der Waals surface area contributed by atoms with Crippen LogP contribution in [-0.2, 0) is 4.79 Å². The number of benzene rings is 3. The lowest BCUT2D eigenvalue weighted by molar-refractivity contribution is -0.117. The lowest BCUT2D eigenvalue weighted by atomic mass is 9.89. The van der Waals surface area contributed by atoms with Gasteiger partial charge >= 0.3 is 0 Å². The van der Waals surface area contributed by atoms with Crippen molar-refractivity contribution >= 4 is 35.3 Å². The van der Waals surface area contributed by atoms with Crippen LogP contribution in [0.4, 0.5) is 15.8 Å². The van der Waals surface area contributed by atoms with Crippen LogP contribution in [-0.4, -0.2) is 42.3 Å². The molecule has 0 spiro atoms. The minimum absolute atomic E-state index is 0. The van der Waals surface area contributed by atoms with Gasteiger partial charge in [-0.1, -0.05) is 54.6 Å². The molecular weight excluding hydrogens is 611 g/mol. The normalized spacial score (nSPS) is 26.5. The van der Waals surface area contributed by atoms with Gasteiger partial charge in [0.15, 0.2) is 0 Å². The molecule has 5 atom stereocenters. The van der Waals surface area contributed by atoms with E-state index >= 15 is 0 Å². The number of hydrazine groups is 1. The van der Waals surface area contributed by atoms with Crippen molar-refractivity contribution in [2.75, 3.05) is 23.3 Å². The number of carbonyl (C=O) groups excluding carboxylic acids is 1. The maximum Gasteiger partial charge on any atom is 0.241 e. The molecule has 8 rings (SSSR count). The molecule has 9 heteroatoms. The first-order valence-electron chi connectivity index (χ1n) is 16.8. The summed E-state index contributed by atoms with van der Waals surface area (Å²) in [7, 11) is 0. The Morgan fingerprint density at radius 2 is 1.49 bits per heavy atom. The van der Waals surface area contributed by atoms with Gasteiger partial charge in [0, 0.05) is 17.6 Å². The Morgan fingerprint density at radius 3 is 2.15 bits per heavy atom. The molecule has 3 fully saturated rings. The highest BCUT2D eigenvalue weighted by Gasteiger charge is 2.36. The number of hydrogen-bond donors (Lipinski definition) is 4. The lowest BCUT2D eigenvalue weighted by Gasteiger charge is -2.33. The summed E-state index contributed by atoms with van der Waals surface area (Å²) in [4.78, 5) is 15.1. The largest absolute Gasteiger partial charge is 0.357 e. The predicted molar refractivity (Wildman–Crippen MR) is 188 cm³/mol. The smallest absolute Gasteiger partial charge is 0.241 e. The molecule has 0 bridgehead atoms. The van der Waals surface area contributed by atoms with Crippen molar-refractivity contribution in [2.24, 2.45) is 0 Å². The number of carbonyl (C=O) groups is 1. The van der Waals surface area contributed by atoms with E-state index in [2.05, 4.69) is 92.1 Å². The van der Waals surface area contributed by atoms with Crippen LogP contribution in [0, 0.1) is 5.82 Å². The Balaban J connectivity index is 0.00000351. The van der Waals surface area contributed by atoms with Gasteiger partial charge < -0.3 is 15.5 Å². The van der Waals surface area contributed by atoms with E-state index in [0.29, 0.717) is 6.17 Å². The van der Waals surface area contributed by atoms with E-state index in [1.165, 1.54) is 34.3 Å². The maximum atomic E-state index is 14.0. The number of fused-ring (bicyclic) bond motifs is 1. The zero-order valence-electron chi connectivity index (χ0n) is 26.4. The molecule has 7 nitrogen and oxygen atoms in total. The molecule has 3 aromatic carbocycles. The minimum atomic E-state index is -0.233. The molecule has 1 amide bonds. The van der Waals surface area contributed by atoms with Crippen LogP contribution in [0.1, 0.15) is 67.3 Å². The average molecular weight is 653 g/mol. The fraction of sp³-hybridized carbons (Fsp3) is 0.342. The first kappa shape index (κ1) is 31.6. The highest BCUT2D eigenvalue weighted by Crippen LogP contribution is 2.47. The third kappa shape index (κ3) is 6.35. The number of halogens is 2. The summed E-state index contributed by atoms with van der Waals surface area (Å²) in [5, 5.41) is 12.2. The number of nitrogens with one attached hydrogen (secondary N) is 4. The monoisotopic (exact) mass is 652 g/mol. The lowest BCUT2D eigenvalue weighted by Crippen LogP contribution is -2.46. The summed E-state index contributed by atoms with van der Waals surface area (Å²) < 4.78 is 14.0. The van der Waals surface area contributed by atoms with Crippen molar-refractivity contribution in [3.63, 3.8) is 0 Å². The molecule has 3 aromatic rings. The SMILES string of the molecule is Cl.O=C(Nc1ccc(C2CCC(c3ccc(C4=CC=CC5NN([C@H]6CCCN6)C=C45)cc3)N2c2ccc(F)cc2)cc1)[C@@H]1CCCN1. The minimum Gasteiger partial charge on any atom is -0.357 e. The molecule has 0 aromatic heterocycles. The first-order chi connectivity index (χ1) is 22.6. The van der Waals surface area contributed by atoms with Crippen molar-refractivity contribution in [2.45, 2.75) is 68.9 Å². The molecule has 0 saturated carbocycles. The Bertz CT molecular complexity index is 1660. The summed E-state index contributed by atoms with van der Waals surface area (Å²) in [6, 6.07) is 24.5. The first-order valence-corrected chi connectivity index (χ1v) is 16.8. The average Bonchev–Trinajstić information content (AvgIpc) is 3.92. The Hall–Kier alpha value is -3.95. The van der Waals surface area contributed by atoms with E-state index < -0.39 is 0 Å². The molecule has 0 radical (unpaired) electrons. The maximum absolute atomic E-state index is 14.0. The third-order valence-electron chi connectivity index (χ3n) is 10.2. The van der Waals surface area contributed by atoms with E-state index in [1.54, 1.807) is 12.1 Å². The summed E-state index contributed by atoms with van der Waals surface area (Å²) in [6.07, 6.45) is 15.4. The molecule has 244 valence electrons. The molecule has 4 aliphatic heterocycles. The van der Waals surface area contributed by atoms with Crippen LogP contribution in [0.15, 0.2) is 103 Å². The Labute approximate surface area is 282 Å². The van der Waals surface area contributed by atoms with Gasteiger partial charge in [-0.3, -0.25) is 15.1 Å². The second-order valence-electron chi connectivity index (χ2n) is 13.1. The standard InChI is InChI=1S/C38H41FN6O.ClH/c39-28-14-18-30(19-15-28)45-35(20-21-36(45)27-12-16-29(17-13-27)42-38(46)34-6-2-22-40-34)26-10-8-25(9-11-26)31-4-1-5-33-32(31)24-44(43-33)37-7-3-23-41-37;/h1,4-5,8-19,24,33-37,40-41,43H,2-3,6-7,20-23H2,(H,42,46);1H/t33?,34-,35?,36?,37-;/m0./s1. The highest BCUT2D eigenvalue weighted by molar-refractivity contribution is 5.95. The van der Waals surface area contributed by atoms with Gasteiger partial charge in [-0.15, -0.1) is 12.4 Å². The fourth-order valence-corrected chi connectivity index (χ4v) is 7.84.